The number of aromatic carboxylic acids is 1. The third kappa shape index (κ3) is 6.43. The molecule has 1 aliphatic rings. The molecule has 0 aliphatic heterocycles. The summed E-state index contributed by atoms with van der Waals surface area (Å²) in [5, 5.41) is 13.0. The van der Waals surface area contributed by atoms with Crippen molar-refractivity contribution >= 4 is 17.6 Å². The van der Waals surface area contributed by atoms with Gasteiger partial charge in [0.05, 0.1) is 35.0 Å². The van der Waals surface area contributed by atoms with Gasteiger partial charge in [0.25, 0.3) is 5.91 Å². The predicted octanol–water partition coefficient (Wildman–Crippen LogP) is 6.01. The Labute approximate surface area is 244 Å². The zero-order valence-corrected chi connectivity index (χ0v) is 22.6. The van der Waals surface area contributed by atoms with E-state index in [1.165, 1.54) is 55.6 Å². The molecule has 2 aromatic carbocycles. The molecule has 44 heavy (non-hydrogen) atoms. The zero-order chi connectivity index (χ0) is 31.8. The van der Waals surface area contributed by atoms with Crippen LogP contribution in [0.1, 0.15) is 56.6 Å². The lowest BCUT2D eigenvalue weighted by Crippen LogP contribution is -2.27. The van der Waals surface area contributed by atoms with Gasteiger partial charge < -0.3 is 19.5 Å². The van der Waals surface area contributed by atoms with E-state index in [0.717, 1.165) is 22.0 Å². The molecule has 230 valence electrons. The fourth-order valence-electron chi connectivity index (χ4n) is 4.74. The van der Waals surface area contributed by atoms with Crippen molar-refractivity contribution in [1.29, 1.82) is 0 Å². The molecule has 0 fully saturated rings. The van der Waals surface area contributed by atoms with Crippen LogP contribution in [-0.4, -0.2) is 50.1 Å². The summed E-state index contributed by atoms with van der Waals surface area (Å²) >= 11 is 0. The van der Waals surface area contributed by atoms with E-state index in [1.807, 2.05) is 0 Å². The number of hydrogen-bond acceptors (Lipinski definition) is 7. The maximum Gasteiger partial charge on any atom is 0.575 e. The highest BCUT2D eigenvalue weighted by Crippen LogP contribution is 2.42. The van der Waals surface area contributed by atoms with E-state index >= 15 is 0 Å². The number of amides is 1. The summed E-state index contributed by atoms with van der Waals surface area (Å²) in [6.45, 7) is 0. The maximum absolute atomic E-state index is 14.1. The van der Waals surface area contributed by atoms with Crippen LogP contribution in [0.5, 0.6) is 11.8 Å². The first-order valence-corrected chi connectivity index (χ1v) is 12.9. The second-order valence-corrected chi connectivity index (χ2v) is 9.64. The molecule has 1 unspecified atom stereocenters. The molecule has 0 saturated heterocycles. The zero-order valence-electron chi connectivity index (χ0n) is 22.6. The molecule has 0 spiro atoms. The second-order valence-electron chi connectivity index (χ2n) is 9.64. The Morgan fingerprint density at radius 1 is 1.00 bits per heavy atom. The lowest BCUT2D eigenvalue weighted by Gasteiger charge is -2.26. The van der Waals surface area contributed by atoms with Crippen LogP contribution < -0.4 is 14.4 Å². The van der Waals surface area contributed by atoms with Crippen molar-refractivity contribution in [2.45, 2.75) is 37.9 Å². The first-order chi connectivity index (χ1) is 20.7. The van der Waals surface area contributed by atoms with Crippen LogP contribution in [0, 0.1) is 0 Å². The minimum atomic E-state index is -5.00. The van der Waals surface area contributed by atoms with Crippen LogP contribution in [0.4, 0.5) is 32.0 Å². The molecule has 0 saturated carbocycles. The number of anilines is 1. The SMILES string of the molecule is CN(C(=O)c1cccc(-n2nc(C(F)(F)F)c3c2C(Oc2ccc(C(=O)O)cc2)CCC3)c1)c1cnc(OC(F)(F)F)nc1. The lowest BCUT2D eigenvalue weighted by atomic mass is 9.92. The van der Waals surface area contributed by atoms with Gasteiger partial charge in [0.1, 0.15) is 11.9 Å². The van der Waals surface area contributed by atoms with E-state index in [1.54, 1.807) is 0 Å². The van der Waals surface area contributed by atoms with E-state index in [2.05, 4.69) is 19.8 Å². The number of aromatic nitrogens is 4. The van der Waals surface area contributed by atoms with Crippen LogP contribution >= 0.6 is 0 Å². The Morgan fingerprint density at radius 3 is 2.30 bits per heavy atom. The van der Waals surface area contributed by atoms with Gasteiger partial charge in [-0.15, -0.1) is 13.2 Å². The number of carbonyl (C=O) groups excluding carboxylic acids is 1. The fraction of sp³-hybridized carbons (Fsp3) is 0.250. The topological polar surface area (TPSA) is 120 Å². The number of carbonyl (C=O) groups is 2. The highest BCUT2D eigenvalue weighted by atomic mass is 19.4. The van der Waals surface area contributed by atoms with Gasteiger partial charge in [0.15, 0.2) is 5.69 Å². The van der Waals surface area contributed by atoms with E-state index in [9.17, 15) is 35.9 Å². The number of benzene rings is 2. The Bertz CT molecular complexity index is 1690. The number of rotatable bonds is 7. The number of nitrogens with zero attached hydrogens (tertiary/aromatic N) is 5. The van der Waals surface area contributed by atoms with Gasteiger partial charge in [-0.2, -0.15) is 18.3 Å². The number of hydrogen-bond donors (Lipinski definition) is 1. The lowest BCUT2D eigenvalue weighted by molar-refractivity contribution is -0.277. The summed E-state index contributed by atoms with van der Waals surface area (Å²) in [7, 11) is 1.31. The third-order valence-electron chi connectivity index (χ3n) is 6.72. The normalized spacial score (nSPS) is 14.9. The summed E-state index contributed by atoms with van der Waals surface area (Å²) in [6.07, 6.45) is -7.98. The van der Waals surface area contributed by atoms with Gasteiger partial charge >= 0.3 is 24.5 Å². The summed E-state index contributed by atoms with van der Waals surface area (Å²) in [5.74, 6) is -1.57. The van der Waals surface area contributed by atoms with Crippen molar-refractivity contribution < 1.29 is 50.5 Å². The van der Waals surface area contributed by atoms with E-state index < -0.39 is 42.2 Å². The molecule has 1 N–H and O–H groups in total. The predicted molar refractivity (Wildman–Crippen MR) is 140 cm³/mol. The van der Waals surface area contributed by atoms with Crippen LogP contribution in [0.15, 0.2) is 60.9 Å². The molecule has 0 radical (unpaired) electrons. The second kappa shape index (κ2) is 11.5. The summed E-state index contributed by atoms with van der Waals surface area (Å²) in [5.41, 5.74) is -0.827. The average Bonchev–Trinajstić information content (AvgIpc) is 3.38. The third-order valence-corrected chi connectivity index (χ3v) is 6.72. The molecule has 5 rings (SSSR count). The van der Waals surface area contributed by atoms with Crippen molar-refractivity contribution in [2.24, 2.45) is 0 Å². The van der Waals surface area contributed by atoms with Gasteiger partial charge in [0, 0.05) is 18.2 Å². The Hall–Kier alpha value is -5.15. The quantitative estimate of drug-likeness (QED) is 0.249. The Balaban J connectivity index is 1.48. The summed E-state index contributed by atoms with van der Waals surface area (Å²) < 4.78 is 90.2. The molecule has 2 heterocycles. The molecular weight excluding hydrogens is 600 g/mol. The Morgan fingerprint density at radius 2 is 1.68 bits per heavy atom. The molecular formula is C28H21F6N5O5. The number of alkyl halides is 6. The van der Waals surface area contributed by atoms with Gasteiger partial charge in [-0.3, -0.25) is 4.79 Å². The molecule has 1 aliphatic carbocycles. The number of carboxylic acids is 1. The van der Waals surface area contributed by atoms with Crippen molar-refractivity contribution in [3.8, 4) is 17.4 Å². The standard InChI is InChI=1S/C28H21F6N5O5/c1-38(18-13-35-26(36-14-18)44-28(32,33)34)24(40)16-4-2-5-17(12-16)39-22-20(23(37-39)27(29,30)31)6-3-7-21(22)43-19-10-8-15(9-11-19)25(41)42/h2,4-5,8-14,21H,3,6-7H2,1H3,(H,41,42). The van der Waals surface area contributed by atoms with Crippen molar-refractivity contribution in [3.63, 3.8) is 0 Å². The largest absolute Gasteiger partial charge is 0.575 e. The van der Waals surface area contributed by atoms with Crippen molar-refractivity contribution in [3.05, 3.63) is 89.0 Å². The number of carboxylic acid groups (broad SMARTS) is 1. The molecule has 1 amide bonds. The monoisotopic (exact) mass is 621 g/mol. The average molecular weight is 621 g/mol. The van der Waals surface area contributed by atoms with Gasteiger partial charge in [-0.1, -0.05) is 6.07 Å². The van der Waals surface area contributed by atoms with Crippen molar-refractivity contribution in [2.75, 3.05) is 11.9 Å². The fourth-order valence-corrected chi connectivity index (χ4v) is 4.74. The van der Waals surface area contributed by atoms with Crippen LogP contribution in [0.3, 0.4) is 0 Å². The summed E-state index contributed by atoms with van der Waals surface area (Å²) in [4.78, 5) is 32.4. The first-order valence-electron chi connectivity index (χ1n) is 12.9. The molecule has 1 atom stereocenters. The van der Waals surface area contributed by atoms with Gasteiger partial charge in [0.2, 0.25) is 0 Å². The van der Waals surface area contributed by atoms with Gasteiger partial charge in [-0.05, 0) is 61.7 Å². The van der Waals surface area contributed by atoms with E-state index in [-0.39, 0.29) is 45.9 Å². The highest BCUT2D eigenvalue weighted by Gasteiger charge is 2.42. The molecule has 10 nitrogen and oxygen atoms in total. The summed E-state index contributed by atoms with van der Waals surface area (Å²) in [6, 6.07) is 10.1. The van der Waals surface area contributed by atoms with Crippen LogP contribution in [-0.2, 0) is 12.6 Å². The van der Waals surface area contributed by atoms with E-state index in [0.29, 0.717) is 12.8 Å². The number of fused-ring (bicyclic) bond motifs is 1. The van der Waals surface area contributed by atoms with Gasteiger partial charge in [-0.25, -0.2) is 19.4 Å². The van der Waals surface area contributed by atoms with Crippen LogP contribution in [0.2, 0.25) is 0 Å². The smallest absolute Gasteiger partial charge is 0.484 e. The van der Waals surface area contributed by atoms with Crippen LogP contribution in [0.25, 0.3) is 5.69 Å². The molecule has 4 aromatic rings. The molecule has 2 aromatic heterocycles. The minimum Gasteiger partial charge on any atom is -0.484 e. The number of ether oxygens (including phenoxy) is 2. The maximum atomic E-state index is 14.1. The Kier molecular flexibility index (Phi) is 7.92. The molecule has 16 heteroatoms. The highest BCUT2D eigenvalue weighted by molar-refractivity contribution is 6.05. The molecule has 0 bridgehead atoms. The first kappa shape index (κ1) is 30.3. The van der Waals surface area contributed by atoms with Crippen molar-refractivity contribution in [1.82, 2.24) is 19.7 Å². The number of halogens is 6. The minimum absolute atomic E-state index is 0.00896. The van der Waals surface area contributed by atoms with E-state index in [4.69, 9.17) is 9.84 Å².